The van der Waals surface area contributed by atoms with Crippen molar-refractivity contribution < 1.29 is 24.1 Å². The molecule has 5 heteroatoms. The summed E-state index contributed by atoms with van der Waals surface area (Å²) in [5.41, 5.74) is 0.694. The van der Waals surface area contributed by atoms with Crippen molar-refractivity contribution in [1.82, 2.24) is 0 Å². The summed E-state index contributed by atoms with van der Waals surface area (Å²) in [6.45, 7) is 0.579. The van der Waals surface area contributed by atoms with Crippen molar-refractivity contribution in [3.8, 4) is 11.5 Å². The van der Waals surface area contributed by atoms with Gasteiger partial charge in [0.25, 0.3) is 0 Å². The average molecular weight is 264 g/mol. The third-order valence-corrected chi connectivity index (χ3v) is 4.09. The molecule has 1 aromatic rings. The maximum absolute atomic E-state index is 11.7. The van der Waals surface area contributed by atoms with Crippen molar-refractivity contribution in [2.45, 2.75) is 31.3 Å². The molecular weight excluding hydrogens is 248 g/mol. The van der Waals surface area contributed by atoms with Crippen LogP contribution >= 0.6 is 0 Å². The van der Waals surface area contributed by atoms with E-state index in [-0.39, 0.29) is 6.79 Å². The summed E-state index contributed by atoms with van der Waals surface area (Å²) in [7, 11) is 1.56. The summed E-state index contributed by atoms with van der Waals surface area (Å²) < 4.78 is 16.1. The third-order valence-electron chi connectivity index (χ3n) is 4.09. The largest absolute Gasteiger partial charge is 0.496 e. The minimum atomic E-state index is -0.846. The lowest BCUT2D eigenvalue weighted by Crippen LogP contribution is -2.43. The van der Waals surface area contributed by atoms with Crippen LogP contribution in [0.3, 0.4) is 0 Å². The van der Waals surface area contributed by atoms with Gasteiger partial charge in [-0.15, -0.1) is 0 Å². The summed E-state index contributed by atoms with van der Waals surface area (Å²) in [4.78, 5) is 11.7. The van der Waals surface area contributed by atoms with Crippen LogP contribution in [0.4, 0.5) is 0 Å². The Bertz CT molecular complexity index is 519. The summed E-state index contributed by atoms with van der Waals surface area (Å²) in [5.74, 6) is 0.514. The molecule has 1 aliphatic carbocycles. The predicted molar refractivity (Wildman–Crippen MR) is 66.4 cm³/mol. The standard InChI is InChI=1S/C14H16O5/c1-17-11-4-3-10-9(7-18-8-19-10)12(11)14(13(15)16)5-2-6-14/h3-4H,2,5-8H2,1H3,(H,15,16). The average Bonchev–Trinajstić information content (AvgIpc) is 2.37. The van der Waals surface area contributed by atoms with Crippen LogP contribution in [0.2, 0.25) is 0 Å². The molecule has 0 aromatic heterocycles. The number of hydrogen-bond donors (Lipinski definition) is 1. The summed E-state index contributed by atoms with van der Waals surface area (Å²) in [5, 5.41) is 9.62. The van der Waals surface area contributed by atoms with Crippen LogP contribution in [0.5, 0.6) is 11.5 Å². The number of ether oxygens (including phenoxy) is 3. The third kappa shape index (κ3) is 1.69. The van der Waals surface area contributed by atoms with Gasteiger partial charge in [0.05, 0.1) is 19.1 Å². The van der Waals surface area contributed by atoms with Gasteiger partial charge >= 0.3 is 5.97 Å². The molecule has 1 aromatic carbocycles. The van der Waals surface area contributed by atoms with E-state index in [1.807, 2.05) is 6.07 Å². The first-order chi connectivity index (χ1) is 9.19. The molecule has 0 bridgehead atoms. The van der Waals surface area contributed by atoms with Gasteiger partial charge in [-0.05, 0) is 25.0 Å². The van der Waals surface area contributed by atoms with Gasteiger partial charge in [-0.25, -0.2) is 0 Å². The monoisotopic (exact) mass is 264 g/mol. The van der Waals surface area contributed by atoms with E-state index in [1.54, 1.807) is 13.2 Å². The summed E-state index contributed by atoms with van der Waals surface area (Å²) in [6.07, 6.45) is 2.19. The van der Waals surface area contributed by atoms with E-state index in [1.165, 1.54) is 0 Å². The highest BCUT2D eigenvalue weighted by Crippen LogP contribution is 2.51. The zero-order chi connectivity index (χ0) is 13.5. The van der Waals surface area contributed by atoms with Crippen LogP contribution < -0.4 is 9.47 Å². The Hall–Kier alpha value is -1.75. The lowest BCUT2D eigenvalue weighted by atomic mass is 9.63. The molecule has 5 nitrogen and oxygen atoms in total. The molecule has 2 aliphatic rings. The number of fused-ring (bicyclic) bond motifs is 1. The molecule has 1 fully saturated rings. The Morgan fingerprint density at radius 2 is 2.21 bits per heavy atom. The van der Waals surface area contributed by atoms with Crippen molar-refractivity contribution in [3.63, 3.8) is 0 Å². The van der Waals surface area contributed by atoms with Crippen molar-refractivity contribution in [3.05, 3.63) is 23.3 Å². The van der Waals surface area contributed by atoms with Crippen molar-refractivity contribution >= 4 is 5.97 Å². The van der Waals surface area contributed by atoms with Crippen LogP contribution in [0, 0.1) is 0 Å². The minimum Gasteiger partial charge on any atom is -0.496 e. The maximum Gasteiger partial charge on any atom is 0.314 e. The quantitative estimate of drug-likeness (QED) is 0.905. The SMILES string of the molecule is COc1ccc2c(c1C1(C(=O)O)CCC1)COCO2. The molecule has 0 radical (unpaired) electrons. The Labute approximate surface area is 111 Å². The van der Waals surface area contributed by atoms with Gasteiger partial charge in [-0.3, -0.25) is 4.79 Å². The molecule has 1 saturated carbocycles. The Kier molecular flexibility index (Phi) is 2.86. The van der Waals surface area contributed by atoms with Crippen LogP contribution in [0.25, 0.3) is 0 Å². The molecule has 0 spiro atoms. The molecule has 0 atom stereocenters. The topological polar surface area (TPSA) is 65.0 Å². The fourth-order valence-electron chi connectivity index (χ4n) is 2.93. The number of carboxylic acids is 1. The van der Waals surface area contributed by atoms with Crippen LogP contribution in [-0.2, 0) is 21.6 Å². The second-order valence-corrected chi connectivity index (χ2v) is 4.97. The highest BCUT2D eigenvalue weighted by molar-refractivity contribution is 5.85. The molecule has 1 N–H and O–H groups in total. The summed E-state index contributed by atoms with van der Waals surface area (Å²) >= 11 is 0. The zero-order valence-electron chi connectivity index (χ0n) is 10.8. The van der Waals surface area contributed by atoms with Gasteiger partial charge < -0.3 is 19.3 Å². The van der Waals surface area contributed by atoms with Crippen LogP contribution in [-0.4, -0.2) is 25.0 Å². The van der Waals surface area contributed by atoms with Crippen molar-refractivity contribution in [1.29, 1.82) is 0 Å². The zero-order valence-corrected chi connectivity index (χ0v) is 10.8. The number of carbonyl (C=O) groups is 1. The minimum absolute atomic E-state index is 0.207. The fraction of sp³-hybridized carbons (Fsp3) is 0.500. The first-order valence-electron chi connectivity index (χ1n) is 6.33. The molecule has 0 amide bonds. The normalized spacial score (nSPS) is 19.8. The van der Waals surface area contributed by atoms with E-state index >= 15 is 0 Å². The van der Waals surface area contributed by atoms with E-state index in [4.69, 9.17) is 14.2 Å². The number of carboxylic acid groups (broad SMARTS) is 1. The van der Waals surface area contributed by atoms with Gasteiger partial charge in [0.2, 0.25) is 0 Å². The van der Waals surface area contributed by atoms with E-state index in [9.17, 15) is 9.90 Å². The van der Waals surface area contributed by atoms with Gasteiger partial charge in [0, 0.05) is 11.1 Å². The molecule has 1 aliphatic heterocycles. The molecule has 3 rings (SSSR count). The van der Waals surface area contributed by atoms with Gasteiger partial charge in [0.15, 0.2) is 6.79 Å². The smallest absolute Gasteiger partial charge is 0.314 e. The fourth-order valence-corrected chi connectivity index (χ4v) is 2.93. The van der Waals surface area contributed by atoms with Gasteiger partial charge in [-0.2, -0.15) is 0 Å². The van der Waals surface area contributed by atoms with Gasteiger partial charge in [-0.1, -0.05) is 6.42 Å². The lowest BCUT2D eigenvalue weighted by molar-refractivity contribution is -0.147. The number of methoxy groups -OCH3 is 1. The molecule has 102 valence electrons. The number of hydrogen-bond acceptors (Lipinski definition) is 4. The van der Waals surface area contributed by atoms with Crippen molar-refractivity contribution in [2.75, 3.05) is 13.9 Å². The summed E-state index contributed by atoms with van der Waals surface area (Å²) in [6, 6.07) is 3.59. The van der Waals surface area contributed by atoms with Gasteiger partial charge in [0.1, 0.15) is 11.5 Å². The number of rotatable bonds is 3. The predicted octanol–water partition coefficient (Wildman–Crippen LogP) is 2.07. The maximum atomic E-state index is 11.7. The van der Waals surface area contributed by atoms with Crippen LogP contribution in [0.1, 0.15) is 30.4 Å². The first-order valence-corrected chi connectivity index (χ1v) is 6.33. The highest BCUT2D eigenvalue weighted by Gasteiger charge is 2.49. The van der Waals surface area contributed by atoms with E-state index in [2.05, 4.69) is 0 Å². The Balaban J connectivity index is 2.20. The van der Waals surface area contributed by atoms with E-state index in [0.717, 1.165) is 17.5 Å². The van der Waals surface area contributed by atoms with E-state index in [0.29, 0.717) is 30.9 Å². The molecular formula is C14H16O5. The highest BCUT2D eigenvalue weighted by atomic mass is 16.7. The molecule has 1 heterocycles. The number of benzene rings is 1. The Morgan fingerprint density at radius 3 is 2.79 bits per heavy atom. The molecule has 0 unspecified atom stereocenters. The Morgan fingerprint density at radius 1 is 1.42 bits per heavy atom. The van der Waals surface area contributed by atoms with Crippen LogP contribution in [0.15, 0.2) is 12.1 Å². The first kappa shape index (κ1) is 12.3. The van der Waals surface area contributed by atoms with E-state index < -0.39 is 11.4 Å². The van der Waals surface area contributed by atoms with Crippen molar-refractivity contribution in [2.24, 2.45) is 0 Å². The molecule has 0 saturated heterocycles. The second kappa shape index (κ2) is 4.42. The number of aliphatic carboxylic acids is 1. The lowest BCUT2D eigenvalue weighted by Gasteiger charge is -2.40. The molecule has 19 heavy (non-hydrogen) atoms. The second-order valence-electron chi connectivity index (χ2n) is 4.97.